The van der Waals surface area contributed by atoms with Gasteiger partial charge in [0.2, 0.25) is 0 Å². The standard InChI is InChI=1S/C28H29ClN4O3S/c1-3-36-22-9-6-8-20(17-22)26(34)31-28(37)30-21-11-12-25(24(29)18-21)32-13-15-33(16-14-32)27(35)23-10-5-4-7-19(23)2/h4-12,17-18H,3,13-16H2,1-2H3,(H2,30,31,34,37). The van der Waals surface area contributed by atoms with Crippen molar-refractivity contribution >= 4 is 52.1 Å². The Morgan fingerprint density at radius 2 is 1.76 bits per heavy atom. The molecule has 37 heavy (non-hydrogen) atoms. The van der Waals surface area contributed by atoms with Crippen molar-refractivity contribution in [1.82, 2.24) is 10.2 Å². The fourth-order valence-corrected chi connectivity index (χ4v) is 4.72. The van der Waals surface area contributed by atoms with E-state index in [4.69, 9.17) is 28.6 Å². The summed E-state index contributed by atoms with van der Waals surface area (Å²) in [5, 5.41) is 6.41. The summed E-state index contributed by atoms with van der Waals surface area (Å²) in [5.41, 5.74) is 3.72. The van der Waals surface area contributed by atoms with Gasteiger partial charge in [0.25, 0.3) is 11.8 Å². The summed E-state index contributed by atoms with van der Waals surface area (Å²) in [7, 11) is 0. The van der Waals surface area contributed by atoms with Gasteiger partial charge >= 0.3 is 0 Å². The summed E-state index contributed by atoms with van der Waals surface area (Å²) in [4.78, 5) is 29.5. The zero-order valence-electron chi connectivity index (χ0n) is 20.8. The molecule has 1 heterocycles. The van der Waals surface area contributed by atoms with Crippen LogP contribution in [0, 0.1) is 6.92 Å². The zero-order chi connectivity index (χ0) is 26.4. The molecule has 7 nitrogen and oxygen atoms in total. The van der Waals surface area contributed by atoms with E-state index < -0.39 is 0 Å². The smallest absolute Gasteiger partial charge is 0.257 e. The van der Waals surface area contributed by atoms with E-state index in [0.717, 1.165) is 16.8 Å². The maximum atomic E-state index is 12.9. The van der Waals surface area contributed by atoms with Crippen LogP contribution in [0.2, 0.25) is 5.02 Å². The van der Waals surface area contributed by atoms with E-state index in [2.05, 4.69) is 15.5 Å². The van der Waals surface area contributed by atoms with Crippen LogP contribution in [0.5, 0.6) is 5.75 Å². The second-order valence-electron chi connectivity index (χ2n) is 8.63. The van der Waals surface area contributed by atoms with E-state index >= 15 is 0 Å². The molecule has 0 radical (unpaired) electrons. The Labute approximate surface area is 227 Å². The number of thiocarbonyl (C=S) groups is 1. The Bertz CT molecular complexity index is 1310. The highest BCUT2D eigenvalue weighted by Crippen LogP contribution is 2.30. The third-order valence-corrected chi connectivity index (χ3v) is 6.63. The largest absolute Gasteiger partial charge is 0.494 e. The van der Waals surface area contributed by atoms with Crippen LogP contribution in [-0.4, -0.2) is 54.6 Å². The Hall–Kier alpha value is -3.62. The number of hydrogen-bond acceptors (Lipinski definition) is 5. The Morgan fingerprint density at radius 3 is 2.46 bits per heavy atom. The molecule has 0 aromatic heterocycles. The van der Waals surface area contributed by atoms with Gasteiger partial charge in [0.05, 0.1) is 17.3 Å². The molecule has 0 aliphatic carbocycles. The average Bonchev–Trinajstić information content (AvgIpc) is 2.89. The number of piperazine rings is 1. The number of anilines is 2. The lowest BCUT2D eigenvalue weighted by Crippen LogP contribution is -2.49. The molecule has 9 heteroatoms. The maximum absolute atomic E-state index is 12.9. The van der Waals surface area contributed by atoms with Crippen LogP contribution < -0.4 is 20.3 Å². The first-order valence-electron chi connectivity index (χ1n) is 12.1. The van der Waals surface area contributed by atoms with Crippen LogP contribution in [0.25, 0.3) is 0 Å². The molecule has 0 spiro atoms. The fourth-order valence-electron chi connectivity index (χ4n) is 4.21. The van der Waals surface area contributed by atoms with Crippen LogP contribution in [0.1, 0.15) is 33.2 Å². The number of hydrogen-bond donors (Lipinski definition) is 2. The van der Waals surface area contributed by atoms with Crippen LogP contribution in [0.15, 0.2) is 66.7 Å². The third-order valence-electron chi connectivity index (χ3n) is 6.12. The number of benzene rings is 3. The van der Waals surface area contributed by atoms with Crippen molar-refractivity contribution < 1.29 is 14.3 Å². The third kappa shape index (κ3) is 6.58. The average molecular weight is 537 g/mol. The van der Waals surface area contributed by atoms with Crippen LogP contribution in [-0.2, 0) is 0 Å². The number of rotatable bonds is 6. The van der Waals surface area contributed by atoms with E-state index in [0.29, 0.717) is 54.8 Å². The molecule has 1 aliphatic rings. The van der Waals surface area contributed by atoms with Gasteiger partial charge in [0.1, 0.15) is 5.75 Å². The summed E-state index contributed by atoms with van der Waals surface area (Å²) in [6.07, 6.45) is 0. The predicted octanol–water partition coefficient (Wildman–Crippen LogP) is 5.14. The minimum atomic E-state index is -0.333. The quantitative estimate of drug-likeness (QED) is 0.425. The number of carbonyl (C=O) groups excluding carboxylic acids is 2. The van der Waals surface area contributed by atoms with Crippen molar-refractivity contribution in [3.05, 3.63) is 88.4 Å². The SMILES string of the molecule is CCOc1cccc(C(=O)NC(=S)Nc2ccc(N3CCN(C(=O)c4ccccc4C)CC3)c(Cl)c2)c1. The minimum absolute atomic E-state index is 0.0589. The maximum Gasteiger partial charge on any atom is 0.257 e. The number of amides is 2. The first-order chi connectivity index (χ1) is 17.9. The van der Waals surface area contributed by atoms with Crippen molar-refractivity contribution in [1.29, 1.82) is 0 Å². The highest BCUT2D eigenvalue weighted by atomic mass is 35.5. The van der Waals surface area contributed by atoms with Gasteiger partial charge in [-0.05, 0) is 74.1 Å². The van der Waals surface area contributed by atoms with E-state index in [1.165, 1.54) is 0 Å². The van der Waals surface area contributed by atoms with Gasteiger partial charge in [-0.2, -0.15) is 0 Å². The Kier molecular flexibility index (Phi) is 8.63. The summed E-state index contributed by atoms with van der Waals surface area (Å²) < 4.78 is 5.45. The topological polar surface area (TPSA) is 73.9 Å². The summed E-state index contributed by atoms with van der Waals surface area (Å²) in [5.74, 6) is 0.347. The fraction of sp³-hybridized carbons (Fsp3) is 0.250. The first-order valence-corrected chi connectivity index (χ1v) is 12.9. The Balaban J connectivity index is 1.32. The molecule has 4 rings (SSSR count). The molecule has 0 unspecified atom stereocenters. The second kappa shape index (κ2) is 12.1. The lowest BCUT2D eigenvalue weighted by Gasteiger charge is -2.36. The first kappa shape index (κ1) is 26.4. The van der Waals surface area contributed by atoms with Gasteiger partial charge in [-0.25, -0.2) is 0 Å². The van der Waals surface area contributed by atoms with E-state index in [9.17, 15) is 9.59 Å². The highest BCUT2D eigenvalue weighted by Gasteiger charge is 2.24. The molecular formula is C28H29ClN4O3S. The predicted molar refractivity (Wildman–Crippen MR) is 152 cm³/mol. The Morgan fingerprint density at radius 1 is 1.00 bits per heavy atom. The van der Waals surface area contributed by atoms with E-state index in [1.807, 2.05) is 55.1 Å². The number of nitrogens with zero attached hydrogens (tertiary/aromatic N) is 2. The molecule has 1 saturated heterocycles. The number of nitrogens with one attached hydrogen (secondary N) is 2. The van der Waals surface area contributed by atoms with E-state index in [-0.39, 0.29) is 16.9 Å². The monoisotopic (exact) mass is 536 g/mol. The van der Waals surface area contributed by atoms with Crippen molar-refractivity contribution in [2.24, 2.45) is 0 Å². The van der Waals surface area contributed by atoms with Crippen molar-refractivity contribution in [2.75, 3.05) is 43.0 Å². The number of aryl methyl sites for hydroxylation is 1. The number of halogens is 1. The lowest BCUT2D eigenvalue weighted by atomic mass is 10.1. The molecule has 0 bridgehead atoms. The minimum Gasteiger partial charge on any atom is -0.494 e. The molecule has 3 aromatic rings. The normalized spacial score (nSPS) is 13.2. The van der Waals surface area contributed by atoms with Gasteiger partial charge in [0, 0.05) is 43.0 Å². The van der Waals surface area contributed by atoms with Gasteiger partial charge in [-0.1, -0.05) is 35.9 Å². The highest BCUT2D eigenvalue weighted by molar-refractivity contribution is 7.80. The van der Waals surface area contributed by atoms with Crippen molar-refractivity contribution in [3.63, 3.8) is 0 Å². The van der Waals surface area contributed by atoms with Crippen LogP contribution >= 0.6 is 23.8 Å². The summed E-state index contributed by atoms with van der Waals surface area (Å²) in [6, 6.07) is 20.1. The van der Waals surface area contributed by atoms with Crippen molar-refractivity contribution in [2.45, 2.75) is 13.8 Å². The number of carbonyl (C=O) groups is 2. The molecule has 1 aliphatic heterocycles. The van der Waals surface area contributed by atoms with Gasteiger partial charge in [-0.15, -0.1) is 0 Å². The lowest BCUT2D eigenvalue weighted by molar-refractivity contribution is 0.0746. The van der Waals surface area contributed by atoms with Gasteiger partial charge in [0.15, 0.2) is 5.11 Å². The molecule has 3 aromatic carbocycles. The molecule has 0 saturated carbocycles. The summed E-state index contributed by atoms with van der Waals surface area (Å²) in [6.45, 7) is 6.95. The number of ether oxygens (including phenoxy) is 1. The molecule has 0 atom stereocenters. The molecule has 2 N–H and O–H groups in total. The van der Waals surface area contributed by atoms with Crippen molar-refractivity contribution in [3.8, 4) is 5.75 Å². The summed E-state index contributed by atoms with van der Waals surface area (Å²) >= 11 is 11.9. The molecule has 192 valence electrons. The molecular weight excluding hydrogens is 508 g/mol. The van der Waals surface area contributed by atoms with Gasteiger partial charge < -0.3 is 19.9 Å². The van der Waals surface area contributed by atoms with Crippen LogP contribution in [0.3, 0.4) is 0 Å². The van der Waals surface area contributed by atoms with Gasteiger partial charge in [-0.3, -0.25) is 14.9 Å². The second-order valence-corrected chi connectivity index (χ2v) is 9.44. The molecule has 1 fully saturated rings. The zero-order valence-corrected chi connectivity index (χ0v) is 22.4. The van der Waals surface area contributed by atoms with E-state index in [1.54, 1.807) is 30.3 Å². The van der Waals surface area contributed by atoms with Crippen LogP contribution in [0.4, 0.5) is 11.4 Å². The molecule has 2 amide bonds.